The van der Waals surface area contributed by atoms with Gasteiger partial charge in [-0.1, -0.05) is 24.3 Å². The summed E-state index contributed by atoms with van der Waals surface area (Å²) < 4.78 is 0. The zero-order valence-corrected chi connectivity index (χ0v) is 14.1. The van der Waals surface area contributed by atoms with Crippen molar-refractivity contribution in [2.75, 3.05) is 11.9 Å². The molecule has 2 aromatic heterocycles. The van der Waals surface area contributed by atoms with Crippen molar-refractivity contribution < 1.29 is 4.79 Å². The van der Waals surface area contributed by atoms with Gasteiger partial charge in [-0.25, -0.2) is 9.78 Å². The summed E-state index contributed by atoms with van der Waals surface area (Å²) in [6.45, 7) is 2.55. The topological polar surface area (TPSA) is 66.9 Å². The molecule has 0 aliphatic carbocycles. The zero-order chi connectivity index (χ0) is 16.8. The van der Waals surface area contributed by atoms with Crippen molar-refractivity contribution in [2.45, 2.75) is 13.3 Å². The first-order chi connectivity index (χ1) is 11.7. The van der Waals surface area contributed by atoms with Crippen LogP contribution in [0.5, 0.6) is 0 Å². The fourth-order valence-electron chi connectivity index (χ4n) is 2.25. The average molecular weight is 338 g/mol. The lowest BCUT2D eigenvalue weighted by atomic mass is 10.3. The Morgan fingerprint density at radius 2 is 1.92 bits per heavy atom. The summed E-state index contributed by atoms with van der Waals surface area (Å²) in [7, 11) is 0. The van der Waals surface area contributed by atoms with Crippen LogP contribution in [0.2, 0.25) is 0 Å². The maximum atomic E-state index is 11.9. The van der Waals surface area contributed by atoms with Crippen LogP contribution in [-0.2, 0) is 6.42 Å². The Hall–Kier alpha value is -2.73. The van der Waals surface area contributed by atoms with Crippen LogP contribution in [0, 0.1) is 6.92 Å². The Morgan fingerprint density at radius 3 is 2.67 bits per heavy atom. The molecule has 0 saturated carbocycles. The number of pyridine rings is 1. The van der Waals surface area contributed by atoms with E-state index < -0.39 is 0 Å². The molecule has 0 fully saturated rings. The van der Waals surface area contributed by atoms with Gasteiger partial charge in [-0.2, -0.15) is 0 Å². The number of thiazole rings is 1. The predicted octanol–water partition coefficient (Wildman–Crippen LogP) is 3.88. The lowest BCUT2D eigenvalue weighted by molar-refractivity contribution is 0.252. The van der Waals surface area contributed by atoms with Gasteiger partial charge in [0.1, 0.15) is 5.01 Å². The number of amides is 2. The normalized spacial score (nSPS) is 10.4. The number of urea groups is 1. The second kappa shape index (κ2) is 7.70. The Labute approximate surface area is 144 Å². The third-order valence-electron chi connectivity index (χ3n) is 3.45. The number of benzene rings is 1. The molecule has 0 aliphatic heterocycles. The van der Waals surface area contributed by atoms with Crippen LogP contribution in [0.3, 0.4) is 0 Å². The summed E-state index contributed by atoms with van der Waals surface area (Å²) in [4.78, 5) is 21.9. The largest absolute Gasteiger partial charge is 0.338 e. The molecule has 0 unspecified atom stereocenters. The highest BCUT2D eigenvalue weighted by Gasteiger charge is 2.10. The molecule has 2 heterocycles. The summed E-state index contributed by atoms with van der Waals surface area (Å²) in [5, 5.41) is 6.58. The van der Waals surface area contributed by atoms with Crippen molar-refractivity contribution in [1.29, 1.82) is 0 Å². The first-order valence-corrected chi connectivity index (χ1v) is 8.51. The number of anilines is 1. The smallest absolute Gasteiger partial charge is 0.319 e. The Morgan fingerprint density at radius 1 is 1.12 bits per heavy atom. The van der Waals surface area contributed by atoms with Crippen LogP contribution in [0.4, 0.5) is 10.5 Å². The van der Waals surface area contributed by atoms with E-state index in [9.17, 15) is 4.79 Å². The van der Waals surface area contributed by atoms with E-state index >= 15 is 0 Å². The van der Waals surface area contributed by atoms with Crippen LogP contribution in [0.1, 0.15) is 10.6 Å². The number of carbonyl (C=O) groups is 1. The van der Waals surface area contributed by atoms with Gasteiger partial charge in [-0.3, -0.25) is 4.98 Å². The highest BCUT2D eigenvalue weighted by atomic mass is 32.1. The highest BCUT2D eigenvalue weighted by molar-refractivity contribution is 7.15. The molecule has 0 spiro atoms. The fraction of sp³-hybridized carbons (Fsp3) is 0.167. The quantitative estimate of drug-likeness (QED) is 0.742. The molecular weight excluding hydrogens is 320 g/mol. The standard InChI is InChI=1S/C18H18N4OS/c1-13-16(24-17(21-13)15-9-5-6-11-19-15)10-12-20-18(23)22-14-7-3-2-4-8-14/h2-9,11H,10,12H2,1H3,(H2,20,22,23). The Bertz CT molecular complexity index is 802. The summed E-state index contributed by atoms with van der Waals surface area (Å²) in [6, 6.07) is 15.0. The van der Waals surface area contributed by atoms with Gasteiger partial charge in [0.05, 0.1) is 11.4 Å². The molecule has 5 nitrogen and oxygen atoms in total. The fourth-order valence-corrected chi connectivity index (χ4v) is 3.28. The highest BCUT2D eigenvalue weighted by Crippen LogP contribution is 2.26. The molecule has 2 N–H and O–H groups in total. The van der Waals surface area contributed by atoms with Crippen molar-refractivity contribution in [3.05, 3.63) is 65.3 Å². The first-order valence-electron chi connectivity index (χ1n) is 7.70. The van der Waals surface area contributed by atoms with Crippen LogP contribution < -0.4 is 10.6 Å². The van der Waals surface area contributed by atoms with E-state index in [-0.39, 0.29) is 6.03 Å². The van der Waals surface area contributed by atoms with Crippen molar-refractivity contribution in [3.63, 3.8) is 0 Å². The molecule has 2 amide bonds. The number of aromatic nitrogens is 2. The molecule has 122 valence electrons. The van der Waals surface area contributed by atoms with Gasteiger partial charge >= 0.3 is 6.03 Å². The van der Waals surface area contributed by atoms with E-state index in [0.717, 1.165) is 33.4 Å². The maximum absolute atomic E-state index is 11.9. The van der Waals surface area contributed by atoms with Gasteiger partial charge in [-0.15, -0.1) is 11.3 Å². The summed E-state index contributed by atoms with van der Waals surface area (Å²) in [6.07, 6.45) is 2.51. The molecule has 0 atom stereocenters. The second-order valence-electron chi connectivity index (χ2n) is 5.24. The Balaban J connectivity index is 1.54. The molecule has 3 rings (SSSR count). The van der Waals surface area contributed by atoms with E-state index in [1.54, 1.807) is 17.5 Å². The van der Waals surface area contributed by atoms with E-state index in [1.165, 1.54) is 0 Å². The van der Waals surface area contributed by atoms with Gasteiger partial charge in [0.2, 0.25) is 0 Å². The monoisotopic (exact) mass is 338 g/mol. The molecule has 1 aromatic carbocycles. The minimum Gasteiger partial charge on any atom is -0.338 e. The minimum atomic E-state index is -0.201. The molecule has 24 heavy (non-hydrogen) atoms. The molecule has 0 saturated heterocycles. The molecule has 0 radical (unpaired) electrons. The number of para-hydroxylation sites is 1. The van der Waals surface area contributed by atoms with Gasteiger partial charge in [0.25, 0.3) is 0 Å². The molecule has 0 bridgehead atoms. The van der Waals surface area contributed by atoms with E-state index in [1.807, 2.05) is 55.5 Å². The second-order valence-corrected chi connectivity index (χ2v) is 6.32. The summed E-state index contributed by atoms with van der Waals surface area (Å²) in [5.41, 5.74) is 2.65. The third kappa shape index (κ3) is 4.17. The van der Waals surface area contributed by atoms with E-state index in [4.69, 9.17) is 0 Å². The lowest BCUT2D eigenvalue weighted by Crippen LogP contribution is -2.30. The number of aryl methyl sites for hydroxylation is 1. The van der Waals surface area contributed by atoms with Crippen LogP contribution in [0.25, 0.3) is 10.7 Å². The maximum Gasteiger partial charge on any atom is 0.319 e. The molecule has 3 aromatic rings. The first kappa shape index (κ1) is 16.1. The Kier molecular flexibility index (Phi) is 5.18. The van der Waals surface area contributed by atoms with Crippen molar-refractivity contribution in [3.8, 4) is 10.7 Å². The van der Waals surface area contributed by atoms with Gasteiger partial charge < -0.3 is 10.6 Å². The lowest BCUT2D eigenvalue weighted by Gasteiger charge is -2.06. The average Bonchev–Trinajstić information content (AvgIpc) is 2.98. The van der Waals surface area contributed by atoms with Crippen LogP contribution in [0.15, 0.2) is 54.7 Å². The molecule has 6 heteroatoms. The van der Waals surface area contributed by atoms with Gasteiger partial charge in [-0.05, 0) is 31.2 Å². The summed E-state index contributed by atoms with van der Waals surface area (Å²) in [5.74, 6) is 0. The number of nitrogens with zero attached hydrogens (tertiary/aromatic N) is 2. The number of hydrogen-bond donors (Lipinski definition) is 2. The van der Waals surface area contributed by atoms with E-state index in [0.29, 0.717) is 6.54 Å². The van der Waals surface area contributed by atoms with Gasteiger partial charge in [0.15, 0.2) is 0 Å². The number of carbonyl (C=O) groups excluding carboxylic acids is 1. The van der Waals surface area contributed by atoms with Gasteiger partial charge in [0, 0.05) is 29.7 Å². The number of nitrogens with one attached hydrogen (secondary N) is 2. The van der Waals surface area contributed by atoms with Crippen molar-refractivity contribution >= 4 is 23.1 Å². The van der Waals surface area contributed by atoms with Crippen LogP contribution >= 0.6 is 11.3 Å². The zero-order valence-electron chi connectivity index (χ0n) is 13.3. The third-order valence-corrected chi connectivity index (χ3v) is 4.69. The molecular formula is C18H18N4OS. The van der Waals surface area contributed by atoms with Crippen molar-refractivity contribution in [2.24, 2.45) is 0 Å². The van der Waals surface area contributed by atoms with Crippen LogP contribution in [-0.4, -0.2) is 22.5 Å². The number of rotatable bonds is 5. The minimum absolute atomic E-state index is 0.201. The predicted molar refractivity (Wildman–Crippen MR) is 97.2 cm³/mol. The molecule has 0 aliphatic rings. The van der Waals surface area contributed by atoms with E-state index in [2.05, 4.69) is 20.6 Å². The van der Waals surface area contributed by atoms with Crippen molar-refractivity contribution in [1.82, 2.24) is 15.3 Å². The SMILES string of the molecule is Cc1nc(-c2ccccn2)sc1CCNC(=O)Nc1ccccc1. The summed E-state index contributed by atoms with van der Waals surface area (Å²) >= 11 is 1.62. The number of hydrogen-bond acceptors (Lipinski definition) is 4.